The lowest BCUT2D eigenvalue weighted by Gasteiger charge is -2.26. The fourth-order valence-electron chi connectivity index (χ4n) is 1.73. The molecule has 0 unspecified atom stereocenters. The van der Waals surface area contributed by atoms with Crippen LogP contribution in [-0.4, -0.2) is 47.9 Å². The lowest BCUT2D eigenvalue weighted by molar-refractivity contribution is -0.146. The average molecular weight is 252 g/mol. The van der Waals surface area contributed by atoms with Crippen LogP contribution in [0.4, 0.5) is 0 Å². The predicted molar refractivity (Wildman–Crippen MR) is 62.5 cm³/mol. The highest BCUT2D eigenvalue weighted by Crippen LogP contribution is 2.01. The Morgan fingerprint density at radius 3 is 2.83 bits per heavy atom. The van der Waals surface area contributed by atoms with Crippen molar-refractivity contribution in [1.82, 2.24) is 20.5 Å². The number of nitrogens with one attached hydrogen (secondary N) is 2. The second-order valence-electron chi connectivity index (χ2n) is 4.09. The van der Waals surface area contributed by atoms with Crippen LogP contribution in [0, 0.1) is 6.92 Å². The maximum atomic E-state index is 11.8. The van der Waals surface area contributed by atoms with Crippen LogP contribution in [-0.2, 0) is 16.1 Å². The lowest BCUT2D eigenvalue weighted by atomic mass is 10.3. The molecule has 7 nitrogen and oxygen atoms in total. The van der Waals surface area contributed by atoms with Crippen LogP contribution in [0.3, 0.4) is 0 Å². The third kappa shape index (κ3) is 3.07. The van der Waals surface area contributed by atoms with Gasteiger partial charge in [-0.15, -0.1) is 0 Å². The molecule has 0 bridgehead atoms. The van der Waals surface area contributed by atoms with E-state index in [2.05, 4.69) is 15.6 Å². The molecule has 0 aliphatic carbocycles. The zero-order chi connectivity index (χ0) is 13.0. The van der Waals surface area contributed by atoms with Crippen molar-refractivity contribution in [2.75, 3.05) is 26.2 Å². The number of piperazine rings is 1. The van der Waals surface area contributed by atoms with Crippen LogP contribution < -0.4 is 10.6 Å². The summed E-state index contributed by atoms with van der Waals surface area (Å²) in [7, 11) is 0. The van der Waals surface area contributed by atoms with E-state index in [0.29, 0.717) is 24.7 Å². The molecule has 0 saturated carbocycles. The zero-order valence-electron chi connectivity index (χ0n) is 10.2. The third-order valence-corrected chi connectivity index (χ3v) is 2.67. The molecule has 0 spiro atoms. The minimum atomic E-state index is -0.618. The molecule has 18 heavy (non-hydrogen) atoms. The largest absolute Gasteiger partial charge is 0.444 e. The van der Waals surface area contributed by atoms with Gasteiger partial charge in [0.2, 0.25) is 5.89 Å². The van der Waals surface area contributed by atoms with Crippen molar-refractivity contribution in [2.24, 2.45) is 0 Å². The van der Waals surface area contributed by atoms with E-state index >= 15 is 0 Å². The number of aromatic nitrogens is 1. The highest BCUT2D eigenvalue weighted by atomic mass is 16.4. The standard InChI is InChI=1S/C11H16N4O3/c1-8-6-13-9(18-8)7-14-10(16)11(17)15-4-2-12-3-5-15/h6,12H,2-5,7H2,1H3,(H,14,16). The van der Waals surface area contributed by atoms with Gasteiger partial charge in [0.25, 0.3) is 0 Å². The molecule has 1 saturated heterocycles. The SMILES string of the molecule is Cc1cnc(CNC(=O)C(=O)N2CCNCC2)o1. The normalized spacial score (nSPS) is 15.5. The highest BCUT2D eigenvalue weighted by molar-refractivity contribution is 6.34. The van der Waals surface area contributed by atoms with Gasteiger partial charge in [0, 0.05) is 26.2 Å². The smallest absolute Gasteiger partial charge is 0.311 e. The van der Waals surface area contributed by atoms with Gasteiger partial charge in [-0.25, -0.2) is 4.98 Å². The number of hydrogen-bond acceptors (Lipinski definition) is 5. The Labute approximate surface area is 105 Å². The summed E-state index contributed by atoms with van der Waals surface area (Å²) in [6.45, 7) is 4.46. The van der Waals surface area contributed by atoms with Gasteiger partial charge in [-0.2, -0.15) is 0 Å². The molecule has 1 aromatic rings. The molecule has 0 atom stereocenters. The number of carbonyl (C=O) groups is 2. The number of nitrogens with zero attached hydrogens (tertiary/aromatic N) is 2. The van der Waals surface area contributed by atoms with Crippen LogP contribution in [0.25, 0.3) is 0 Å². The molecule has 2 heterocycles. The quantitative estimate of drug-likeness (QED) is 0.661. The maximum Gasteiger partial charge on any atom is 0.311 e. The minimum Gasteiger partial charge on any atom is -0.444 e. The van der Waals surface area contributed by atoms with Crippen molar-refractivity contribution < 1.29 is 14.0 Å². The van der Waals surface area contributed by atoms with Gasteiger partial charge in [-0.1, -0.05) is 0 Å². The van der Waals surface area contributed by atoms with Crippen molar-refractivity contribution in [2.45, 2.75) is 13.5 Å². The summed E-state index contributed by atoms with van der Waals surface area (Å²) in [6, 6.07) is 0. The predicted octanol–water partition coefficient (Wildman–Crippen LogP) is -0.969. The van der Waals surface area contributed by atoms with Crippen molar-refractivity contribution >= 4 is 11.8 Å². The van der Waals surface area contributed by atoms with Crippen LogP contribution in [0.15, 0.2) is 10.6 Å². The summed E-state index contributed by atoms with van der Waals surface area (Å²) >= 11 is 0. The monoisotopic (exact) mass is 252 g/mol. The molecule has 1 fully saturated rings. The third-order valence-electron chi connectivity index (χ3n) is 2.67. The van der Waals surface area contributed by atoms with Gasteiger partial charge in [-0.3, -0.25) is 9.59 Å². The number of oxazole rings is 1. The van der Waals surface area contributed by atoms with Gasteiger partial charge in [0.05, 0.1) is 12.7 Å². The van der Waals surface area contributed by atoms with E-state index in [1.807, 2.05) is 0 Å². The number of hydrogen-bond donors (Lipinski definition) is 2. The summed E-state index contributed by atoms with van der Waals surface area (Å²) in [5.74, 6) is -0.0471. The van der Waals surface area contributed by atoms with E-state index in [0.717, 1.165) is 13.1 Å². The van der Waals surface area contributed by atoms with Crippen LogP contribution in [0.2, 0.25) is 0 Å². The molecular formula is C11H16N4O3. The first kappa shape index (κ1) is 12.6. The highest BCUT2D eigenvalue weighted by Gasteiger charge is 2.23. The van der Waals surface area contributed by atoms with Crippen molar-refractivity contribution in [3.05, 3.63) is 17.8 Å². The Morgan fingerprint density at radius 1 is 1.50 bits per heavy atom. The number of rotatable bonds is 2. The Morgan fingerprint density at radius 2 is 2.22 bits per heavy atom. The summed E-state index contributed by atoms with van der Waals surface area (Å²) in [5, 5.41) is 5.62. The molecule has 1 aromatic heterocycles. The first-order chi connectivity index (χ1) is 8.66. The van der Waals surface area contributed by atoms with E-state index in [-0.39, 0.29) is 6.54 Å². The molecular weight excluding hydrogens is 236 g/mol. The summed E-state index contributed by atoms with van der Waals surface area (Å²) in [4.78, 5) is 28.9. The maximum absolute atomic E-state index is 11.8. The first-order valence-electron chi connectivity index (χ1n) is 5.86. The second-order valence-corrected chi connectivity index (χ2v) is 4.09. The van der Waals surface area contributed by atoms with Crippen LogP contribution in [0.1, 0.15) is 11.7 Å². The summed E-state index contributed by atoms with van der Waals surface area (Å²) in [5.41, 5.74) is 0. The fraction of sp³-hybridized carbons (Fsp3) is 0.545. The number of aryl methyl sites for hydroxylation is 1. The molecule has 7 heteroatoms. The van der Waals surface area contributed by atoms with Gasteiger partial charge in [0.15, 0.2) is 0 Å². The van der Waals surface area contributed by atoms with Gasteiger partial charge < -0.3 is 20.0 Å². The molecule has 0 aromatic carbocycles. The Bertz CT molecular complexity index is 437. The number of amides is 2. The average Bonchev–Trinajstić information content (AvgIpc) is 2.82. The van der Waals surface area contributed by atoms with E-state index in [9.17, 15) is 9.59 Å². The molecule has 2 amide bonds. The van der Waals surface area contributed by atoms with Crippen LogP contribution in [0.5, 0.6) is 0 Å². The Kier molecular flexibility index (Phi) is 3.93. The van der Waals surface area contributed by atoms with E-state index in [1.54, 1.807) is 13.1 Å². The second kappa shape index (κ2) is 5.63. The molecule has 1 aliphatic rings. The first-order valence-corrected chi connectivity index (χ1v) is 5.86. The fourth-order valence-corrected chi connectivity index (χ4v) is 1.73. The molecule has 98 valence electrons. The van der Waals surface area contributed by atoms with E-state index < -0.39 is 11.8 Å². The molecule has 1 aliphatic heterocycles. The van der Waals surface area contributed by atoms with Crippen molar-refractivity contribution in [1.29, 1.82) is 0 Å². The summed E-state index contributed by atoms with van der Waals surface area (Å²) in [6.07, 6.45) is 1.57. The Balaban J connectivity index is 1.81. The van der Waals surface area contributed by atoms with Crippen molar-refractivity contribution in [3.63, 3.8) is 0 Å². The zero-order valence-corrected chi connectivity index (χ0v) is 10.2. The molecule has 0 radical (unpaired) electrons. The molecule has 2 rings (SSSR count). The summed E-state index contributed by atoms with van der Waals surface area (Å²) < 4.78 is 5.20. The lowest BCUT2D eigenvalue weighted by Crippen LogP contribution is -2.51. The minimum absolute atomic E-state index is 0.129. The number of carbonyl (C=O) groups excluding carboxylic acids is 2. The van der Waals surface area contributed by atoms with Gasteiger partial charge in [-0.05, 0) is 6.92 Å². The molecule has 2 N–H and O–H groups in total. The van der Waals surface area contributed by atoms with Crippen molar-refractivity contribution in [3.8, 4) is 0 Å². The van der Waals surface area contributed by atoms with E-state index in [4.69, 9.17) is 4.42 Å². The Hall–Kier alpha value is -1.89. The van der Waals surface area contributed by atoms with Gasteiger partial charge >= 0.3 is 11.8 Å². The van der Waals surface area contributed by atoms with E-state index in [1.165, 1.54) is 4.90 Å². The topological polar surface area (TPSA) is 87.5 Å². The van der Waals surface area contributed by atoms with Crippen LogP contribution >= 0.6 is 0 Å². The van der Waals surface area contributed by atoms with Gasteiger partial charge in [0.1, 0.15) is 5.76 Å².